The van der Waals surface area contributed by atoms with E-state index < -0.39 is 0 Å². The standard InChI is InChI=1S/C32H38ClN5O/c1-22-34-15-19-37(22)16-13-24-20-25-6-5-14-35-31(25)30(28-10-9-26(33)21-29(24)28)23-11-17-38(18-12-23)32(39)36-27-7-3-2-4-8-27/h5-6,9-10,14-15,19-21,23,27,30H,2-4,7-8,11-13,16-18H2,1H3,(H,36,39). The van der Waals surface area contributed by atoms with E-state index in [-0.39, 0.29) is 11.9 Å². The van der Waals surface area contributed by atoms with Gasteiger partial charge in [-0.1, -0.05) is 43.0 Å². The van der Waals surface area contributed by atoms with E-state index in [0.29, 0.717) is 12.0 Å². The number of hydrogen-bond acceptors (Lipinski definition) is 3. The molecule has 1 saturated carbocycles. The van der Waals surface area contributed by atoms with E-state index in [0.717, 1.165) is 68.3 Å². The van der Waals surface area contributed by atoms with E-state index in [4.69, 9.17) is 16.6 Å². The molecule has 7 heteroatoms. The largest absolute Gasteiger partial charge is 0.335 e. The van der Waals surface area contributed by atoms with Crippen molar-refractivity contribution in [3.8, 4) is 0 Å². The van der Waals surface area contributed by atoms with Crippen molar-refractivity contribution >= 4 is 29.3 Å². The molecule has 3 aromatic rings. The number of allylic oxidation sites excluding steroid dienone is 1. The number of benzene rings is 1. The molecular formula is C32H38ClN5O. The summed E-state index contributed by atoms with van der Waals surface area (Å²) in [6, 6.07) is 11.1. The zero-order valence-corrected chi connectivity index (χ0v) is 23.5. The second kappa shape index (κ2) is 11.5. The normalized spacial score (nSPS) is 20.1. The molecule has 0 bridgehead atoms. The number of urea groups is 1. The highest BCUT2D eigenvalue weighted by molar-refractivity contribution is 6.30. The van der Waals surface area contributed by atoms with Crippen LogP contribution < -0.4 is 5.32 Å². The summed E-state index contributed by atoms with van der Waals surface area (Å²) in [5.41, 5.74) is 6.13. The maximum absolute atomic E-state index is 13.0. The minimum absolute atomic E-state index is 0.116. The highest BCUT2D eigenvalue weighted by Gasteiger charge is 2.35. The van der Waals surface area contributed by atoms with Crippen LogP contribution in [0.3, 0.4) is 0 Å². The SMILES string of the molecule is Cc1nccn1CCC1=Cc2cccnc2C(C2CCN(C(=O)NC3CCCCC3)CC2)c2ccc(Cl)cc21. The van der Waals surface area contributed by atoms with Crippen LogP contribution in [-0.2, 0) is 6.54 Å². The van der Waals surface area contributed by atoms with Gasteiger partial charge in [0, 0.05) is 55.2 Å². The molecule has 1 unspecified atom stereocenters. The molecule has 3 heterocycles. The van der Waals surface area contributed by atoms with Gasteiger partial charge in [0.15, 0.2) is 0 Å². The summed E-state index contributed by atoms with van der Waals surface area (Å²) >= 11 is 6.59. The van der Waals surface area contributed by atoms with Gasteiger partial charge < -0.3 is 14.8 Å². The molecule has 6 rings (SSSR count). The van der Waals surface area contributed by atoms with Crippen molar-refractivity contribution in [2.75, 3.05) is 13.1 Å². The first-order valence-corrected chi connectivity index (χ1v) is 14.9. The van der Waals surface area contributed by atoms with E-state index in [9.17, 15) is 4.79 Å². The number of amides is 2. The third-order valence-electron chi connectivity index (χ3n) is 8.97. The number of likely N-dealkylation sites (tertiary alicyclic amines) is 1. The number of aromatic nitrogens is 3. The van der Waals surface area contributed by atoms with Crippen LogP contribution in [0.4, 0.5) is 4.79 Å². The van der Waals surface area contributed by atoms with Gasteiger partial charge in [-0.3, -0.25) is 4.98 Å². The summed E-state index contributed by atoms with van der Waals surface area (Å²) in [5, 5.41) is 4.07. The maximum Gasteiger partial charge on any atom is 0.317 e. The third-order valence-corrected chi connectivity index (χ3v) is 9.20. The average molecular weight is 544 g/mol. The monoisotopic (exact) mass is 543 g/mol. The van der Waals surface area contributed by atoms with Gasteiger partial charge in [0.2, 0.25) is 0 Å². The lowest BCUT2D eigenvalue weighted by molar-refractivity contribution is 0.160. The van der Waals surface area contributed by atoms with Crippen LogP contribution in [0.15, 0.2) is 48.9 Å². The summed E-state index contributed by atoms with van der Waals surface area (Å²) in [4.78, 5) is 24.4. The zero-order valence-electron chi connectivity index (χ0n) is 22.8. The minimum atomic E-state index is 0.116. The molecule has 1 aromatic carbocycles. The number of piperidine rings is 1. The Kier molecular flexibility index (Phi) is 7.73. The molecule has 2 aliphatic carbocycles. The number of halogens is 1. The summed E-state index contributed by atoms with van der Waals surface area (Å²) in [6.07, 6.45) is 16.9. The van der Waals surface area contributed by atoms with Crippen LogP contribution in [0.2, 0.25) is 5.02 Å². The van der Waals surface area contributed by atoms with Gasteiger partial charge in [0.05, 0.1) is 5.69 Å². The van der Waals surface area contributed by atoms with Crippen LogP contribution in [0.5, 0.6) is 0 Å². The quantitative estimate of drug-likeness (QED) is 0.374. The topological polar surface area (TPSA) is 63.1 Å². The predicted molar refractivity (Wildman–Crippen MR) is 157 cm³/mol. The third kappa shape index (κ3) is 5.62. The number of pyridine rings is 1. The molecule has 2 fully saturated rings. The van der Waals surface area contributed by atoms with Crippen molar-refractivity contribution in [2.24, 2.45) is 5.92 Å². The lowest BCUT2D eigenvalue weighted by atomic mass is 9.76. The highest BCUT2D eigenvalue weighted by Crippen LogP contribution is 2.45. The smallest absolute Gasteiger partial charge is 0.317 e. The first-order chi connectivity index (χ1) is 19.1. The van der Waals surface area contributed by atoms with Crippen molar-refractivity contribution < 1.29 is 4.79 Å². The lowest BCUT2D eigenvalue weighted by Crippen LogP contribution is -2.48. The fraction of sp³-hybridized carbons (Fsp3) is 0.469. The fourth-order valence-electron chi connectivity index (χ4n) is 6.82. The van der Waals surface area contributed by atoms with Crippen LogP contribution in [0.25, 0.3) is 11.6 Å². The van der Waals surface area contributed by atoms with Crippen LogP contribution in [0.1, 0.15) is 85.5 Å². The summed E-state index contributed by atoms with van der Waals surface area (Å²) in [7, 11) is 0. The molecule has 1 N–H and O–H groups in total. The first kappa shape index (κ1) is 26.1. The molecule has 2 aromatic heterocycles. The van der Waals surface area contributed by atoms with Crippen molar-refractivity contribution in [1.82, 2.24) is 24.8 Å². The Morgan fingerprint density at radius 3 is 2.64 bits per heavy atom. The van der Waals surface area contributed by atoms with Crippen molar-refractivity contribution in [3.63, 3.8) is 0 Å². The number of nitrogens with zero attached hydrogens (tertiary/aromatic N) is 4. The number of aryl methyl sites for hydroxylation is 2. The number of imidazole rings is 1. The number of rotatable bonds is 5. The van der Waals surface area contributed by atoms with Crippen LogP contribution >= 0.6 is 11.6 Å². The number of carbonyl (C=O) groups is 1. The maximum atomic E-state index is 13.0. The molecule has 0 radical (unpaired) electrons. The van der Waals surface area contributed by atoms with Crippen molar-refractivity contribution in [3.05, 3.63) is 82.2 Å². The molecule has 204 valence electrons. The Hall–Kier alpha value is -3.12. The molecule has 2 amide bonds. The average Bonchev–Trinajstić information content (AvgIpc) is 3.32. The molecule has 1 aliphatic heterocycles. The molecule has 1 atom stereocenters. The van der Waals surface area contributed by atoms with E-state index in [1.165, 1.54) is 41.5 Å². The number of fused-ring (bicyclic) bond motifs is 2. The lowest BCUT2D eigenvalue weighted by Gasteiger charge is -2.37. The van der Waals surface area contributed by atoms with E-state index >= 15 is 0 Å². The first-order valence-electron chi connectivity index (χ1n) is 14.6. The molecule has 3 aliphatic rings. The number of hydrogen-bond donors (Lipinski definition) is 1. The van der Waals surface area contributed by atoms with Gasteiger partial charge in [0.25, 0.3) is 0 Å². The van der Waals surface area contributed by atoms with Gasteiger partial charge in [0.1, 0.15) is 5.82 Å². The Morgan fingerprint density at radius 1 is 1.05 bits per heavy atom. The van der Waals surface area contributed by atoms with E-state index in [2.05, 4.69) is 39.1 Å². The van der Waals surface area contributed by atoms with Gasteiger partial charge in [-0.2, -0.15) is 0 Å². The highest BCUT2D eigenvalue weighted by atomic mass is 35.5. The van der Waals surface area contributed by atoms with Gasteiger partial charge in [-0.25, -0.2) is 9.78 Å². The Morgan fingerprint density at radius 2 is 1.87 bits per heavy atom. The molecule has 1 saturated heterocycles. The second-order valence-corrected chi connectivity index (χ2v) is 11.8. The van der Waals surface area contributed by atoms with Crippen molar-refractivity contribution in [1.29, 1.82) is 0 Å². The zero-order chi connectivity index (χ0) is 26.8. The Balaban J connectivity index is 1.26. The number of nitrogens with one attached hydrogen (secondary N) is 1. The van der Waals surface area contributed by atoms with Crippen LogP contribution in [0, 0.1) is 12.8 Å². The Labute approximate surface area is 236 Å². The molecule has 39 heavy (non-hydrogen) atoms. The predicted octanol–water partition coefficient (Wildman–Crippen LogP) is 7.07. The minimum Gasteiger partial charge on any atom is -0.335 e. The molecule has 0 spiro atoms. The summed E-state index contributed by atoms with van der Waals surface area (Å²) < 4.78 is 2.20. The van der Waals surface area contributed by atoms with Crippen molar-refractivity contribution in [2.45, 2.75) is 76.8 Å². The molecule has 6 nitrogen and oxygen atoms in total. The fourth-order valence-corrected chi connectivity index (χ4v) is 6.99. The van der Waals surface area contributed by atoms with Gasteiger partial charge in [-0.15, -0.1) is 0 Å². The van der Waals surface area contributed by atoms with Crippen LogP contribution in [-0.4, -0.2) is 44.6 Å². The summed E-state index contributed by atoms with van der Waals surface area (Å²) in [6.45, 7) is 4.47. The van der Waals surface area contributed by atoms with E-state index in [1.807, 2.05) is 42.5 Å². The number of carbonyl (C=O) groups excluding carboxylic acids is 1. The molecular weight excluding hydrogens is 506 g/mol. The van der Waals surface area contributed by atoms with Gasteiger partial charge >= 0.3 is 6.03 Å². The van der Waals surface area contributed by atoms with E-state index in [1.54, 1.807) is 0 Å². The van der Waals surface area contributed by atoms with Gasteiger partial charge in [-0.05, 0) is 91.5 Å². The Bertz CT molecular complexity index is 1350. The summed E-state index contributed by atoms with van der Waals surface area (Å²) in [5.74, 6) is 1.59. The second-order valence-electron chi connectivity index (χ2n) is 11.4.